The summed E-state index contributed by atoms with van der Waals surface area (Å²) >= 11 is 0. The summed E-state index contributed by atoms with van der Waals surface area (Å²) in [7, 11) is 0. The first-order valence-electron chi connectivity index (χ1n) is 5.94. The van der Waals surface area contributed by atoms with E-state index in [2.05, 4.69) is 4.98 Å². The van der Waals surface area contributed by atoms with E-state index in [0.717, 1.165) is 17.1 Å². The van der Waals surface area contributed by atoms with Gasteiger partial charge < -0.3 is 4.42 Å². The lowest BCUT2D eigenvalue weighted by Gasteiger charge is -2.01. The molecule has 0 saturated heterocycles. The molecule has 3 rings (SSSR count). The van der Waals surface area contributed by atoms with Gasteiger partial charge in [-0.1, -0.05) is 31.0 Å². The van der Waals surface area contributed by atoms with E-state index in [-0.39, 0.29) is 0 Å². The van der Waals surface area contributed by atoms with Crippen molar-refractivity contribution in [3.05, 3.63) is 42.3 Å². The zero-order chi connectivity index (χ0) is 10.8. The van der Waals surface area contributed by atoms with Crippen LogP contribution in [0.2, 0.25) is 0 Å². The van der Waals surface area contributed by atoms with Crippen LogP contribution in [0.5, 0.6) is 0 Å². The molecule has 1 aromatic heterocycles. The summed E-state index contributed by atoms with van der Waals surface area (Å²) in [4.78, 5) is 4.60. The summed E-state index contributed by atoms with van der Waals surface area (Å²) in [5.74, 6) is 1.38. The second kappa shape index (κ2) is 4.12. The second-order valence-electron chi connectivity index (χ2n) is 4.42. The third kappa shape index (κ3) is 1.75. The van der Waals surface area contributed by atoms with Crippen molar-refractivity contribution in [2.24, 2.45) is 0 Å². The molecule has 2 aromatic rings. The summed E-state index contributed by atoms with van der Waals surface area (Å²) < 4.78 is 5.55. The zero-order valence-electron chi connectivity index (χ0n) is 9.23. The minimum absolute atomic E-state index is 0.626. The number of nitrogens with zero attached hydrogens (tertiary/aromatic N) is 1. The predicted molar refractivity (Wildman–Crippen MR) is 63.1 cm³/mol. The molecule has 1 fully saturated rings. The fourth-order valence-electron chi connectivity index (χ4n) is 2.41. The van der Waals surface area contributed by atoms with E-state index in [0.29, 0.717) is 5.92 Å². The molecule has 0 radical (unpaired) electrons. The van der Waals surface area contributed by atoms with Gasteiger partial charge in [-0.25, -0.2) is 4.98 Å². The highest BCUT2D eigenvalue weighted by Crippen LogP contribution is 2.34. The Morgan fingerprint density at radius 1 is 1.06 bits per heavy atom. The van der Waals surface area contributed by atoms with Gasteiger partial charge in [0.1, 0.15) is 6.26 Å². The Morgan fingerprint density at radius 2 is 1.81 bits per heavy atom. The monoisotopic (exact) mass is 213 g/mol. The molecule has 16 heavy (non-hydrogen) atoms. The molecule has 0 atom stereocenters. The standard InChI is InChI=1S/C14H15NO/c1-2-8-12(9-3-1)14-15-13(10-16-14)11-6-4-5-7-11/h1-3,8-11H,4-7H2. The smallest absolute Gasteiger partial charge is 0.226 e. The zero-order valence-corrected chi connectivity index (χ0v) is 9.23. The topological polar surface area (TPSA) is 26.0 Å². The van der Waals surface area contributed by atoms with Gasteiger partial charge in [-0.2, -0.15) is 0 Å². The molecule has 1 aliphatic rings. The highest BCUT2D eigenvalue weighted by atomic mass is 16.3. The van der Waals surface area contributed by atoms with Crippen LogP contribution in [0, 0.1) is 0 Å². The fraction of sp³-hybridized carbons (Fsp3) is 0.357. The minimum Gasteiger partial charge on any atom is -0.444 e. The Kier molecular flexibility index (Phi) is 2.49. The molecular weight excluding hydrogens is 198 g/mol. The van der Waals surface area contributed by atoms with Crippen LogP contribution in [0.1, 0.15) is 37.3 Å². The molecule has 1 saturated carbocycles. The van der Waals surface area contributed by atoms with E-state index in [4.69, 9.17) is 4.42 Å². The molecule has 82 valence electrons. The SMILES string of the molecule is c1ccc(-c2nc(C3CCCC3)co2)cc1. The predicted octanol–water partition coefficient (Wildman–Crippen LogP) is 4.00. The Morgan fingerprint density at radius 3 is 2.56 bits per heavy atom. The van der Waals surface area contributed by atoms with Gasteiger partial charge in [0.2, 0.25) is 5.89 Å². The summed E-state index contributed by atoms with van der Waals surface area (Å²) in [5, 5.41) is 0. The summed E-state index contributed by atoms with van der Waals surface area (Å²) in [6.45, 7) is 0. The summed E-state index contributed by atoms with van der Waals surface area (Å²) in [5.41, 5.74) is 2.20. The van der Waals surface area contributed by atoms with Crippen molar-refractivity contribution in [1.29, 1.82) is 0 Å². The van der Waals surface area contributed by atoms with Gasteiger partial charge in [-0.3, -0.25) is 0 Å². The van der Waals surface area contributed by atoms with Crippen molar-refractivity contribution in [3.8, 4) is 11.5 Å². The van der Waals surface area contributed by atoms with Crippen molar-refractivity contribution in [1.82, 2.24) is 4.98 Å². The molecule has 0 unspecified atom stereocenters. The van der Waals surface area contributed by atoms with E-state index in [1.54, 1.807) is 0 Å². The quantitative estimate of drug-likeness (QED) is 0.753. The van der Waals surface area contributed by atoms with Gasteiger partial charge in [0.05, 0.1) is 5.69 Å². The molecular formula is C14H15NO. The first-order chi connectivity index (χ1) is 7.93. The third-order valence-corrected chi connectivity index (χ3v) is 3.32. The second-order valence-corrected chi connectivity index (χ2v) is 4.42. The van der Waals surface area contributed by atoms with Crippen LogP contribution in [0.25, 0.3) is 11.5 Å². The molecule has 0 aliphatic heterocycles. The molecule has 2 nitrogen and oxygen atoms in total. The van der Waals surface area contributed by atoms with E-state index >= 15 is 0 Å². The Bertz CT molecular complexity index is 455. The van der Waals surface area contributed by atoms with Gasteiger partial charge in [0.15, 0.2) is 0 Å². The summed E-state index contributed by atoms with van der Waals surface area (Å²) in [6.07, 6.45) is 7.02. The van der Waals surface area contributed by atoms with Crippen molar-refractivity contribution < 1.29 is 4.42 Å². The lowest BCUT2D eigenvalue weighted by Crippen LogP contribution is -1.91. The molecule has 1 aliphatic carbocycles. The van der Waals surface area contributed by atoms with E-state index in [9.17, 15) is 0 Å². The lowest BCUT2D eigenvalue weighted by atomic mass is 10.1. The average Bonchev–Trinajstić information content (AvgIpc) is 3.01. The molecule has 0 N–H and O–H groups in total. The van der Waals surface area contributed by atoms with Crippen LogP contribution in [0.4, 0.5) is 0 Å². The van der Waals surface area contributed by atoms with Crippen molar-refractivity contribution in [3.63, 3.8) is 0 Å². The van der Waals surface area contributed by atoms with Crippen LogP contribution in [-0.2, 0) is 0 Å². The van der Waals surface area contributed by atoms with Crippen LogP contribution in [-0.4, -0.2) is 4.98 Å². The number of benzene rings is 1. The average molecular weight is 213 g/mol. The Labute approximate surface area is 95.3 Å². The normalized spacial score (nSPS) is 16.8. The molecule has 1 aromatic carbocycles. The maximum atomic E-state index is 5.55. The number of oxazole rings is 1. The number of hydrogen-bond acceptors (Lipinski definition) is 2. The van der Waals surface area contributed by atoms with Crippen LogP contribution in [0.15, 0.2) is 41.0 Å². The van der Waals surface area contributed by atoms with Gasteiger partial charge in [-0.05, 0) is 25.0 Å². The fourth-order valence-corrected chi connectivity index (χ4v) is 2.41. The van der Waals surface area contributed by atoms with E-state index in [1.165, 1.54) is 25.7 Å². The van der Waals surface area contributed by atoms with E-state index in [1.807, 2.05) is 36.6 Å². The van der Waals surface area contributed by atoms with Crippen molar-refractivity contribution >= 4 is 0 Å². The van der Waals surface area contributed by atoms with Crippen molar-refractivity contribution in [2.45, 2.75) is 31.6 Å². The molecule has 2 heteroatoms. The highest BCUT2D eigenvalue weighted by molar-refractivity contribution is 5.52. The molecule has 0 spiro atoms. The Hall–Kier alpha value is -1.57. The molecule has 1 heterocycles. The molecule has 0 amide bonds. The number of aromatic nitrogens is 1. The first-order valence-corrected chi connectivity index (χ1v) is 5.94. The maximum Gasteiger partial charge on any atom is 0.226 e. The summed E-state index contributed by atoms with van der Waals surface area (Å²) in [6, 6.07) is 10.1. The Balaban J connectivity index is 1.87. The van der Waals surface area contributed by atoms with Gasteiger partial charge in [-0.15, -0.1) is 0 Å². The van der Waals surface area contributed by atoms with Gasteiger partial charge in [0, 0.05) is 11.5 Å². The van der Waals surface area contributed by atoms with Crippen LogP contribution < -0.4 is 0 Å². The highest BCUT2D eigenvalue weighted by Gasteiger charge is 2.20. The maximum absolute atomic E-state index is 5.55. The van der Waals surface area contributed by atoms with Gasteiger partial charge in [0.25, 0.3) is 0 Å². The van der Waals surface area contributed by atoms with Crippen molar-refractivity contribution in [2.75, 3.05) is 0 Å². The minimum atomic E-state index is 0.626. The number of hydrogen-bond donors (Lipinski definition) is 0. The lowest BCUT2D eigenvalue weighted by molar-refractivity contribution is 0.568. The number of rotatable bonds is 2. The van der Waals surface area contributed by atoms with Crippen LogP contribution >= 0.6 is 0 Å². The first kappa shape index (κ1) is 9.64. The van der Waals surface area contributed by atoms with Crippen LogP contribution in [0.3, 0.4) is 0 Å². The van der Waals surface area contributed by atoms with E-state index < -0.39 is 0 Å². The third-order valence-electron chi connectivity index (χ3n) is 3.32. The van der Waals surface area contributed by atoms with Gasteiger partial charge >= 0.3 is 0 Å². The largest absolute Gasteiger partial charge is 0.444 e. The molecule has 0 bridgehead atoms.